The summed E-state index contributed by atoms with van der Waals surface area (Å²) < 4.78 is 0. The van der Waals surface area contributed by atoms with Crippen LogP contribution in [-0.4, -0.2) is 87.6 Å². The fourth-order valence-electron chi connectivity index (χ4n) is 5.43. The molecular formula is C22H26N4O7. The van der Waals surface area contributed by atoms with Gasteiger partial charge in [-0.1, -0.05) is 0 Å². The molecule has 0 bridgehead atoms. The van der Waals surface area contributed by atoms with Crippen LogP contribution in [0.4, 0.5) is 5.82 Å². The first-order chi connectivity index (χ1) is 15.3. The number of anilines is 1. The van der Waals surface area contributed by atoms with Crippen LogP contribution in [0, 0.1) is 11.8 Å². The monoisotopic (exact) mass is 458 g/mol. The highest BCUT2D eigenvalue weighted by atomic mass is 16.3. The Hall–Kier alpha value is -3.44. The summed E-state index contributed by atoms with van der Waals surface area (Å²) in [6.45, 7) is 0. The number of amides is 1. The average Bonchev–Trinajstić information content (AvgIpc) is 2.70. The Morgan fingerprint density at radius 2 is 1.82 bits per heavy atom. The van der Waals surface area contributed by atoms with Crippen LogP contribution in [0.3, 0.4) is 0 Å². The van der Waals surface area contributed by atoms with Gasteiger partial charge in [-0.3, -0.25) is 19.3 Å². The summed E-state index contributed by atoms with van der Waals surface area (Å²) in [6, 6.07) is -1.02. The first-order valence-corrected chi connectivity index (χ1v) is 10.4. The number of aliphatic hydroxyl groups excluding tert-OH is 2. The van der Waals surface area contributed by atoms with Crippen molar-refractivity contribution in [2.24, 2.45) is 17.6 Å². The van der Waals surface area contributed by atoms with Gasteiger partial charge in [0.05, 0.1) is 11.6 Å². The van der Waals surface area contributed by atoms with Gasteiger partial charge in [-0.2, -0.15) is 0 Å². The molecule has 3 aliphatic carbocycles. The predicted octanol–water partition coefficient (Wildman–Crippen LogP) is -0.418. The number of carbonyl (C=O) groups is 3. The van der Waals surface area contributed by atoms with Crippen LogP contribution in [0.25, 0.3) is 0 Å². The molecular weight excluding hydrogens is 432 g/mol. The van der Waals surface area contributed by atoms with Gasteiger partial charge in [0.25, 0.3) is 5.91 Å². The number of carbonyl (C=O) groups excluding carboxylic acids is 3. The lowest BCUT2D eigenvalue weighted by Gasteiger charge is -2.50. The van der Waals surface area contributed by atoms with Crippen LogP contribution in [0.1, 0.15) is 22.3 Å². The largest absolute Gasteiger partial charge is 0.510 e. The Labute approximate surface area is 189 Å². The molecule has 4 rings (SSSR count). The predicted molar refractivity (Wildman–Crippen MR) is 116 cm³/mol. The van der Waals surface area contributed by atoms with E-state index < -0.39 is 58.0 Å². The first kappa shape index (κ1) is 22.7. The smallest absolute Gasteiger partial charge is 0.255 e. The maximum absolute atomic E-state index is 13.5. The van der Waals surface area contributed by atoms with Gasteiger partial charge >= 0.3 is 0 Å². The van der Waals surface area contributed by atoms with Crippen LogP contribution >= 0.6 is 0 Å². The van der Waals surface area contributed by atoms with E-state index in [9.17, 15) is 34.8 Å². The van der Waals surface area contributed by atoms with E-state index in [1.54, 1.807) is 28.2 Å². The van der Waals surface area contributed by atoms with E-state index in [4.69, 9.17) is 5.73 Å². The number of aromatic hydroxyl groups is 1. The molecule has 11 nitrogen and oxygen atoms in total. The second kappa shape index (κ2) is 7.29. The van der Waals surface area contributed by atoms with Crippen LogP contribution in [0.15, 0.2) is 28.9 Å². The Morgan fingerprint density at radius 3 is 2.36 bits per heavy atom. The number of ketones is 2. The summed E-state index contributed by atoms with van der Waals surface area (Å²) in [5.74, 6) is -6.60. The van der Waals surface area contributed by atoms with Gasteiger partial charge in [-0.05, 0) is 38.4 Å². The van der Waals surface area contributed by atoms with Gasteiger partial charge in [-0.25, -0.2) is 4.98 Å². The molecule has 0 radical (unpaired) electrons. The molecule has 33 heavy (non-hydrogen) atoms. The van der Waals surface area contributed by atoms with E-state index in [1.807, 2.05) is 0 Å². The van der Waals surface area contributed by atoms with Crippen molar-refractivity contribution in [2.45, 2.75) is 24.5 Å². The molecule has 1 heterocycles. The van der Waals surface area contributed by atoms with E-state index in [-0.39, 0.29) is 35.5 Å². The van der Waals surface area contributed by atoms with Crippen molar-refractivity contribution in [1.82, 2.24) is 9.88 Å². The van der Waals surface area contributed by atoms with Crippen molar-refractivity contribution < 1.29 is 34.8 Å². The number of hydrogen-bond donors (Lipinski definition) is 5. The zero-order valence-electron chi connectivity index (χ0n) is 18.7. The van der Waals surface area contributed by atoms with Gasteiger partial charge in [0, 0.05) is 31.8 Å². The number of nitrogens with two attached hydrogens (primary N) is 1. The highest BCUT2D eigenvalue weighted by Crippen LogP contribution is 2.52. The molecule has 0 unspecified atom stereocenters. The van der Waals surface area contributed by atoms with Crippen molar-refractivity contribution in [3.63, 3.8) is 0 Å². The summed E-state index contributed by atoms with van der Waals surface area (Å²) in [4.78, 5) is 45.9. The molecule has 6 N–H and O–H groups in total. The fourth-order valence-corrected chi connectivity index (χ4v) is 5.43. The molecule has 0 fully saturated rings. The SMILES string of the molecule is CN(C)c1ncc2c(c1O)C(=O)C1=C(O)[C@]3(O)C(=O)C(C(N)=O)=C(O)[C@@H](N(C)C)[C@@H]3C[C@@H]1C2. The van der Waals surface area contributed by atoms with E-state index in [1.165, 1.54) is 16.0 Å². The fraction of sp³-hybridized carbons (Fsp3) is 0.455. The number of hydrogen-bond acceptors (Lipinski definition) is 10. The summed E-state index contributed by atoms with van der Waals surface area (Å²) in [5.41, 5.74) is 2.05. The first-order valence-electron chi connectivity index (χ1n) is 10.4. The molecule has 0 aliphatic heterocycles. The third-order valence-electron chi connectivity index (χ3n) is 6.87. The zero-order chi connectivity index (χ0) is 24.6. The number of nitrogens with zero attached hydrogens (tertiary/aromatic N) is 3. The Bertz CT molecular complexity index is 1170. The number of primary amides is 1. The number of Topliss-reactive ketones (excluding diaryl/α,β-unsaturated/α-hetero) is 2. The molecule has 4 atom stereocenters. The second-order valence-corrected chi connectivity index (χ2v) is 9.19. The van der Waals surface area contributed by atoms with Crippen molar-refractivity contribution in [3.05, 3.63) is 40.0 Å². The lowest BCUT2D eigenvalue weighted by atomic mass is 9.58. The number of rotatable bonds is 3. The van der Waals surface area contributed by atoms with Gasteiger partial charge in [0.2, 0.25) is 5.78 Å². The van der Waals surface area contributed by atoms with Gasteiger partial charge in [0.15, 0.2) is 23.0 Å². The van der Waals surface area contributed by atoms with E-state index in [0.717, 1.165) is 0 Å². The van der Waals surface area contributed by atoms with E-state index >= 15 is 0 Å². The quantitative estimate of drug-likeness (QED) is 0.374. The van der Waals surface area contributed by atoms with Crippen LogP contribution in [0.5, 0.6) is 5.75 Å². The molecule has 1 aromatic heterocycles. The average molecular weight is 458 g/mol. The number of allylic oxidation sites excluding steroid dienone is 1. The Kier molecular flexibility index (Phi) is 5.02. The molecule has 11 heteroatoms. The minimum absolute atomic E-state index is 0.0436. The topological polar surface area (TPSA) is 178 Å². The summed E-state index contributed by atoms with van der Waals surface area (Å²) >= 11 is 0. The second-order valence-electron chi connectivity index (χ2n) is 9.19. The van der Waals surface area contributed by atoms with Gasteiger partial charge < -0.3 is 31.1 Å². The molecule has 3 aliphatic rings. The van der Waals surface area contributed by atoms with E-state index in [2.05, 4.69) is 4.98 Å². The molecule has 0 saturated carbocycles. The number of aliphatic hydroxyl groups is 3. The molecule has 0 saturated heterocycles. The highest BCUT2D eigenvalue weighted by molar-refractivity contribution is 6.24. The summed E-state index contributed by atoms with van der Waals surface area (Å²) in [7, 11) is 6.44. The number of fused-ring (bicyclic) bond motifs is 3. The Morgan fingerprint density at radius 1 is 1.18 bits per heavy atom. The number of aromatic nitrogens is 1. The third-order valence-corrected chi connectivity index (χ3v) is 6.87. The van der Waals surface area contributed by atoms with Crippen LogP contribution < -0.4 is 10.6 Å². The molecule has 0 spiro atoms. The van der Waals surface area contributed by atoms with Crippen molar-refractivity contribution in [2.75, 3.05) is 33.1 Å². The standard InChI is InChI=1S/C22H26N4O7/c1-25(2)14-10-6-8-5-9-7-24-21(26(3)4)17(29)11(9)15(27)12(8)18(30)22(10,33)19(31)13(16(14)28)20(23)32/h7-8,10,14,28-30,33H,5-6H2,1-4H3,(H2,23,32)/t8-,10-,14-,22-/m0/s1. The lowest BCUT2D eigenvalue weighted by molar-refractivity contribution is -0.148. The van der Waals surface area contributed by atoms with Crippen molar-refractivity contribution >= 4 is 23.3 Å². The Balaban J connectivity index is 1.95. The zero-order valence-corrected chi connectivity index (χ0v) is 18.7. The van der Waals surface area contributed by atoms with Crippen LogP contribution in [-0.2, 0) is 16.0 Å². The number of likely N-dealkylation sites (N-methyl/N-ethyl adjacent to an activating group) is 1. The van der Waals surface area contributed by atoms with Crippen molar-refractivity contribution in [1.29, 1.82) is 0 Å². The highest BCUT2D eigenvalue weighted by Gasteiger charge is 2.63. The minimum atomic E-state index is -2.64. The maximum Gasteiger partial charge on any atom is 0.255 e. The molecule has 176 valence electrons. The molecule has 0 aromatic carbocycles. The minimum Gasteiger partial charge on any atom is -0.510 e. The molecule has 1 aromatic rings. The number of pyridine rings is 1. The third kappa shape index (κ3) is 2.89. The molecule has 1 amide bonds. The van der Waals surface area contributed by atoms with Crippen LogP contribution in [0.2, 0.25) is 0 Å². The van der Waals surface area contributed by atoms with E-state index in [0.29, 0.717) is 5.56 Å². The summed E-state index contributed by atoms with van der Waals surface area (Å²) in [6.07, 6.45) is 1.74. The van der Waals surface area contributed by atoms with Crippen molar-refractivity contribution in [3.8, 4) is 5.75 Å². The lowest BCUT2D eigenvalue weighted by Crippen LogP contribution is -2.63. The maximum atomic E-state index is 13.5. The van der Waals surface area contributed by atoms with Gasteiger partial charge in [-0.15, -0.1) is 0 Å². The van der Waals surface area contributed by atoms with Gasteiger partial charge in [0.1, 0.15) is 17.1 Å². The normalized spacial score (nSPS) is 29.1. The summed E-state index contributed by atoms with van der Waals surface area (Å²) in [5, 5.41) is 44.1.